The van der Waals surface area contributed by atoms with E-state index < -0.39 is 0 Å². The van der Waals surface area contributed by atoms with E-state index in [-0.39, 0.29) is 12.0 Å². The average Bonchev–Trinajstić information content (AvgIpc) is 3.08. The van der Waals surface area contributed by atoms with E-state index in [1.54, 1.807) is 6.20 Å². The third-order valence-corrected chi connectivity index (χ3v) is 5.21. The standard InChI is InChI=1S/C20H19N3O2/c1-2-5-13(6-3-1)18-15(8-10-24-18)19-22-23-20(25-19)17-11-16(17)14-7-4-9-21-12-14/h1-7,9,12,15-18H,8,10-11H2/t15-,16+,17+,18+/m0/s1. The smallest absolute Gasteiger partial charge is 0.222 e. The predicted octanol–water partition coefficient (Wildman–Crippen LogP) is 3.98. The van der Waals surface area contributed by atoms with Gasteiger partial charge in [-0.3, -0.25) is 4.98 Å². The first-order chi connectivity index (χ1) is 12.4. The molecule has 1 aliphatic heterocycles. The van der Waals surface area contributed by atoms with Crippen molar-refractivity contribution in [2.24, 2.45) is 0 Å². The maximum absolute atomic E-state index is 6.07. The molecule has 3 heterocycles. The molecule has 25 heavy (non-hydrogen) atoms. The van der Waals surface area contributed by atoms with Crippen molar-refractivity contribution in [2.45, 2.75) is 36.7 Å². The minimum Gasteiger partial charge on any atom is -0.425 e. The molecule has 2 aromatic heterocycles. The molecule has 0 amide bonds. The first kappa shape index (κ1) is 14.8. The van der Waals surface area contributed by atoms with Crippen LogP contribution in [-0.4, -0.2) is 21.8 Å². The van der Waals surface area contributed by atoms with E-state index >= 15 is 0 Å². The highest BCUT2D eigenvalue weighted by molar-refractivity contribution is 5.28. The van der Waals surface area contributed by atoms with Gasteiger partial charge in [0.05, 0.1) is 12.0 Å². The van der Waals surface area contributed by atoms with Gasteiger partial charge in [0.2, 0.25) is 11.8 Å². The summed E-state index contributed by atoms with van der Waals surface area (Å²) in [4.78, 5) is 4.20. The van der Waals surface area contributed by atoms with Gasteiger partial charge in [-0.15, -0.1) is 10.2 Å². The summed E-state index contributed by atoms with van der Waals surface area (Å²) in [5, 5.41) is 8.69. The van der Waals surface area contributed by atoms with Crippen LogP contribution in [0.15, 0.2) is 59.3 Å². The predicted molar refractivity (Wildman–Crippen MR) is 91.1 cm³/mol. The van der Waals surface area contributed by atoms with Crippen LogP contribution >= 0.6 is 0 Å². The molecule has 126 valence electrons. The number of nitrogens with zero attached hydrogens (tertiary/aromatic N) is 3. The van der Waals surface area contributed by atoms with Gasteiger partial charge >= 0.3 is 0 Å². The van der Waals surface area contributed by atoms with Gasteiger partial charge in [-0.05, 0) is 36.0 Å². The Labute approximate surface area is 146 Å². The van der Waals surface area contributed by atoms with Crippen LogP contribution in [0, 0.1) is 0 Å². The molecule has 0 spiro atoms. The van der Waals surface area contributed by atoms with E-state index in [1.807, 2.05) is 30.5 Å². The number of aromatic nitrogens is 3. The van der Waals surface area contributed by atoms with Crippen LogP contribution in [0.5, 0.6) is 0 Å². The third kappa shape index (κ3) is 2.74. The molecule has 4 atom stereocenters. The highest BCUT2D eigenvalue weighted by Crippen LogP contribution is 2.54. The summed E-state index contributed by atoms with van der Waals surface area (Å²) < 4.78 is 12.0. The van der Waals surface area contributed by atoms with Crippen LogP contribution in [0.2, 0.25) is 0 Å². The summed E-state index contributed by atoms with van der Waals surface area (Å²) in [6.07, 6.45) is 5.70. The topological polar surface area (TPSA) is 61.0 Å². The maximum atomic E-state index is 6.07. The van der Waals surface area contributed by atoms with E-state index in [1.165, 1.54) is 11.1 Å². The van der Waals surface area contributed by atoms with Gasteiger partial charge in [-0.1, -0.05) is 36.4 Å². The Kier molecular flexibility index (Phi) is 3.59. The van der Waals surface area contributed by atoms with Crippen molar-refractivity contribution in [1.82, 2.24) is 15.2 Å². The monoisotopic (exact) mass is 333 g/mol. The Morgan fingerprint density at radius 2 is 1.64 bits per heavy atom. The molecule has 5 nitrogen and oxygen atoms in total. The van der Waals surface area contributed by atoms with Crippen molar-refractivity contribution in [1.29, 1.82) is 0 Å². The number of hydrogen-bond acceptors (Lipinski definition) is 5. The van der Waals surface area contributed by atoms with Crippen LogP contribution < -0.4 is 0 Å². The van der Waals surface area contributed by atoms with E-state index in [2.05, 4.69) is 33.4 Å². The SMILES string of the molecule is c1ccc([C@H]2OCC[C@@H]2c2nnc([C@@H]3C[C@@H]3c3cccnc3)o2)cc1. The minimum atomic E-state index is 0.00261. The van der Waals surface area contributed by atoms with E-state index in [0.29, 0.717) is 17.7 Å². The summed E-state index contributed by atoms with van der Waals surface area (Å²) in [5.74, 6) is 2.37. The molecule has 2 aliphatic rings. The zero-order valence-electron chi connectivity index (χ0n) is 13.8. The first-order valence-electron chi connectivity index (χ1n) is 8.80. The normalized spacial score (nSPS) is 28.2. The van der Waals surface area contributed by atoms with Crippen molar-refractivity contribution < 1.29 is 9.15 Å². The van der Waals surface area contributed by atoms with Crippen LogP contribution in [0.3, 0.4) is 0 Å². The first-order valence-corrected chi connectivity index (χ1v) is 8.80. The molecule has 0 unspecified atom stereocenters. The molecule has 1 aliphatic carbocycles. The van der Waals surface area contributed by atoms with E-state index in [0.717, 1.165) is 25.3 Å². The van der Waals surface area contributed by atoms with Crippen molar-refractivity contribution in [3.05, 3.63) is 77.8 Å². The second-order valence-electron chi connectivity index (χ2n) is 6.81. The molecule has 0 N–H and O–H groups in total. The lowest BCUT2D eigenvalue weighted by atomic mass is 9.95. The molecule has 1 aromatic carbocycles. The number of pyridine rings is 1. The van der Waals surface area contributed by atoms with Gasteiger partial charge in [0.1, 0.15) is 0 Å². The average molecular weight is 333 g/mol. The van der Waals surface area contributed by atoms with E-state index in [9.17, 15) is 0 Å². The largest absolute Gasteiger partial charge is 0.425 e. The van der Waals surface area contributed by atoms with Crippen molar-refractivity contribution in [3.8, 4) is 0 Å². The highest BCUT2D eigenvalue weighted by atomic mass is 16.5. The Morgan fingerprint density at radius 3 is 2.44 bits per heavy atom. The Morgan fingerprint density at radius 1 is 0.840 bits per heavy atom. The van der Waals surface area contributed by atoms with Gasteiger partial charge in [0, 0.05) is 24.9 Å². The highest BCUT2D eigenvalue weighted by Gasteiger charge is 2.44. The molecule has 1 saturated carbocycles. The second kappa shape index (κ2) is 6.08. The van der Waals surface area contributed by atoms with Crippen molar-refractivity contribution >= 4 is 0 Å². The number of hydrogen-bond donors (Lipinski definition) is 0. The maximum Gasteiger partial charge on any atom is 0.222 e. The molecular formula is C20H19N3O2. The van der Waals surface area contributed by atoms with Gasteiger partial charge in [0.25, 0.3) is 0 Å². The van der Waals surface area contributed by atoms with Gasteiger partial charge < -0.3 is 9.15 Å². The van der Waals surface area contributed by atoms with Crippen molar-refractivity contribution in [3.63, 3.8) is 0 Å². The van der Waals surface area contributed by atoms with Gasteiger partial charge in [-0.2, -0.15) is 0 Å². The lowest BCUT2D eigenvalue weighted by Crippen LogP contribution is -2.06. The quantitative estimate of drug-likeness (QED) is 0.723. The van der Waals surface area contributed by atoms with Crippen LogP contribution in [0.4, 0.5) is 0 Å². The zero-order valence-corrected chi connectivity index (χ0v) is 13.8. The summed E-state index contributed by atoms with van der Waals surface area (Å²) in [6.45, 7) is 0.726. The number of benzene rings is 1. The summed E-state index contributed by atoms with van der Waals surface area (Å²) >= 11 is 0. The van der Waals surface area contributed by atoms with Crippen molar-refractivity contribution in [2.75, 3.05) is 6.61 Å². The van der Waals surface area contributed by atoms with Gasteiger partial charge in [-0.25, -0.2) is 0 Å². The summed E-state index contributed by atoms with van der Waals surface area (Å²) in [6, 6.07) is 14.4. The van der Waals surface area contributed by atoms with E-state index in [4.69, 9.17) is 9.15 Å². The zero-order chi connectivity index (χ0) is 16.6. The molecule has 0 bridgehead atoms. The molecule has 5 rings (SSSR count). The third-order valence-electron chi connectivity index (χ3n) is 5.21. The molecule has 0 radical (unpaired) electrons. The number of rotatable bonds is 4. The lowest BCUT2D eigenvalue weighted by Gasteiger charge is -2.15. The molecule has 2 fully saturated rings. The summed E-state index contributed by atoms with van der Waals surface area (Å²) in [5.41, 5.74) is 2.42. The fourth-order valence-corrected chi connectivity index (χ4v) is 3.79. The Bertz CT molecular complexity index is 850. The fraction of sp³-hybridized carbons (Fsp3) is 0.350. The van der Waals surface area contributed by atoms with Crippen LogP contribution in [0.1, 0.15) is 59.6 Å². The second-order valence-corrected chi connectivity index (χ2v) is 6.81. The Balaban J connectivity index is 1.35. The Hall–Kier alpha value is -2.53. The lowest BCUT2D eigenvalue weighted by molar-refractivity contribution is 0.0997. The van der Waals surface area contributed by atoms with Crippen LogP contribution in [0.25, 0.3) is 0 Å². The molecule has 5 heteroatoms. The van der Waals surface area contributed by atoms with Gasteiger partial charge in [0.15, 0.2) is 0 Å². The fourth-order valence-electron chi connectivity index (χ4n) is 3.79. The summed E-state index contributed by atoms with van der Waals surface area (Å²) in [7, 11) is 0. The minimum absolute atomic E-state index is 0.00261. The van der Waals surface area contributed by atoms with Crippen LogP contribution in [-0.2, 0) is 4.74 Å². The molecule has 3 aromatic rings. The molecule has 1 saturated heterocycles. The molecular weight excluding hydrogens is 314 g/mol. The number of ether oxygens (including phenoxy) is 1.